The Balaban J connectivity index is 1.61. The van der Waals surface area contributed by atoms with E-state index >= 15 is 0 Å². The number of carbonyl (C=O) groups is 3. The number of anilines is 1. The molecule has 1 aliphatic heterocycles. The van der Waals surface area contributed by atoms with Crippen LogP contribution >= 0.6 is 0 Å². The Bertz CT molecular complexity index is 1170. The van der Waals surface area contributed by atoms with Crippen LogP contribution in [0.2, 0.25) is 0 Å². The normalized spacial score (nSPS) is 22.6. The van der Waals surface area contributed by atoms with Crippen LogP contribution in [0, 0.1) is 17.7 Å². The molecule has 0 unspecified atom stereocenters. The fourth-order valence-electron chi connectivity index (χ4n) is 4.69. The first-order valence-corrected chi connectivity index (χ1v) is 13.1. The summed E-state index contributed by atoms with van der Waals surface area (Å²) >= 11 is 0. The number of rotatable bonds is 5. The molecule has 3 atom stereocenters. The molecule has 0 saturated heterocycles. The van der Waals surface area contributed by atoms with Gasteiger partial charge < -0.3 is 24.6 Å². The summed E-state index contributed by atoms with van der Waals surface area (Å²) in [7, 11) is 3.33. The third-order valence-electron chi connectivity index (χ3n) is 7.29. The predicted octanol–water partition coefficient (Wildman–Crippen LogP) is 4.21. The van der Waals surface area contributed by atoms with Crippen molar-refractivity contribution in [3.63, 3.8) is 0 Å². The topological polar surface area (TPSA) is 88.2 Å². The van der Waals surface area contributed by atoms with E-state index in [4.69, 9.17) is 9.47 Å². The second kappa shape index (κ2) is 11.9. The number of hydrogen-bond acceptors (Lipinski definition) is 5. The second-order valence-corrected chi connectivity index (χ2v) is 10.5. The minimum Gasteiger partial charge on any atom is -0.491 e. The van der Waals surface area contributed by atoms with Crippen LogP contribution in [0.3, 0.4) is 0 Å². The number of methoxy groups -OCH3 is 1. The molecule has 204 valence electrons. The minimum absolute atomic E-state index is 0.00352. The van der Waals surface area contributed by atoms with Gasteiger partial charge >= 0.3 is 0 Å². The maximum absolute atomic E-state index is 13.4. The zero-order valence-electron chi connectivity index (χ0n) is 22.4. The van der Waals surface area contributed by atoms with Crippen LogP contribution in [0.25, 0.3) is 0 Å². The number of likely N-dealkylation sites (N-methyl/N-ethyl adjacent to an activating group) is 1. The molecule has 0 aromatic heterocycles. The molecule has 1 saturated carbocycles. The average Bonchev–Trinajstić information content (AvgIpc) is 3.72. The molecule has 4 rings (SSSR count). The highest BCUT2D eigenvalue weighted by Gasteiger charge is 2.33. The van der Waals surface area contributed by atoms with Crippen LogP contribution in [0.4, 0.5) is 10.1 Å². The summed E-state index contributed by atoms with van der Waals surface area (Å²) in [6.45, 7) is 5.00. The van der Waals surface area contributed by atoms with Gasteiger partial charge in [0, 0.05) is 56.9 Å². The van der Waals surface area contributed by atoms with Crippen molar-refractivity contribution < 1.29 is 28.2 Å². The lowest BCUT2D eigenvalue weighted by Gasteiger charge is -2.36. The Hall–Kier alpha value is -3.46. The number of halogens is 1. The molecule has 1 N–H and O–H groups in total. The van der Waals surface area contributed by atoms with Gasteiger partial charge in [-0.3, -0.25) is 14.4 Å². The number of hydrogen-bond donors (Lipinski definition) is 1. The number of ether oxygens (including phenoxy) is 2. The first-order chi connectivity index (χ1) is 18.2. The molecular weight excluding hydrogens is 489 g/mol. The molecule has 8 nitrogen and oxygen atoms in total. The summed E-state index contributed by atoms with van der Waals surface area (Å²) in [6, 6.07) is 9.85. The van der Waals surface area contributed by atoms with E-state index in [1.54, 1.807) is 37.3 Å². The van der Waals surface area contributed by atoms with E-state index in [0.717, 1.165) is 12.8 Å². The Labute approximate surface area is 223 Å². The van der Waals surface area contributed by atoms with Gasteiger partial charge in [-0.2, -0.15) is 0 Å². The van der Waals surface area contributed by atoms with E-state index < -0.39 is 11.7 Å². The van der Waals surface area contributed by atoms with Crippen molar-refractivity contribution in [2.45, 2.75) is 45.3 Å². The molecule has 0 radical (unpaired) electrons. The number of carbonyl (C=O) groups excluding carboxylic acids is 3. The average molecular weight is 526 g/mol. The first kappa shape index (κ1) is 27.6. The summed E-state index contributed by atoms with van der Waals surface area (Å²) in [5, 5.41) is 2.78. The van der Waals surface area contributed by atoms with Crippen molar-refractivity contribution in [2.75, 3.05) is 39.2 Å². The Morgan fingerprint density at radius 3 is 2.47 bits per heavy atom. The number of nitrogens with one attached hydrogen (secondary N) is 1. The van der Waals surface area contributed by atoms with Crippen molar-refractivity contribution in [3.05, 3.63) is 59.4 Å². The van der Waals surface area contributed by atoms with Gasteiger partial charge in [-0.1, -0.05) is 6.92 Å². The Morgan fingerprint density at radius 1 is 1.11 bits per heavy atom. The lowest BCUT2D eigenvalue weighted by atomic mass is 10.0. The summed E-state index contributed by atoms with van der Waals surface area (Å²) in [6.07, 6.45) is 2.45. The standard InChI is InChI=1S/C29H36FN3O5/c1-18-15-33(27(34)13-20-5-6-20)19(2)17-38-25-14-23(31-28(35)21-7-9-22(30)10-8-21)11-12-24(25)29(36)32(3)16-26(18)37-4/h7-12,14,18-20,26H,5-6,13,15-17H2,1-4H3,(H,31,35)/t18-,19-,26-/m0/s1. The summed E-state index contributed by atoms with van der Waals surface area (Å²) in [5.74, 6) is -0.202. The van der Waals surface area contributed by atoms with Gasteiger partial charge in [-0.25, -0.2) is 4.39 Å². The van der Waals surface area contributed by atoms with Crippen LogP contribution in [-0.4, -0.2) is 73.5 Å². The molecule has 2 aliphatic rings. The van der Waals surface area contributed by atoms with Crippen LogP contribution < -0.4 is 10.1 Å². The largest absolute Gasteiger partial charge is 0.491 e. The molecule has 0 spiro atoms. The van der Waals surface area contributed by atoms with Crippen LogP contribution in [0.5, 0.6) is 5.75 Å². The highest BCUT2D eigenvalue weighted by molar-refractivity contribution is 6.05. The van der Waals surface area contributed by atoms with Crippen LogP contribution in [0.15, 0.2) is 42.5 Å². The first-order valence-electron chi connectivity index (χ1n) is 13.1. The van der Waals surface area contributed by atoms with E-state index in [1.807, 2.05) is 18.7 Å². The van der Waals surface area contributed by atoms with Gasteiger partial charge in [0.1, 0.15) is 18.2 Å². The number of amides is 3. The molecule has 1 aliphatic carbocycles. The fraction of sp³-hybridized carbons (Fsp3) is 0.483. The third-order valence-corrected chi connectivity index (χ3v) is 7.29. The van der Waals surface area contributed by atoms with Gasteiger partial charge in [0.2, 0.25) is 5.91 Å². The van der Waals surface area contributed by atoms with Gasteiger partial charge in [-0.05, 0) is 62.1 Å². The summed E-state index contributed by atoms with van der Waals surface area (Å²) < 4.78 is 25.1. The van der Waals surface area contributed by atoms with Crippen LogP contribution in [0.1, 0.15) is 53.8 Å². The maximum Gasteiger partial charge on any atom is 0.257 e. The zero-order valence-corrected chi connectivity index (χ0v) is 22.4. The number of nitrogens with zero attached hydrogens (tertiary/aromatic N) is 2. The molecule has 9 heteroatoms. The molecule has 2 aromatic carbocycles. The Kier molecular flexibility index (Phi) is 8.66. The number of fused-ring (bicyclic) bond motifs is 1. The van der Waals surface area contributed by atoms with Crippen molar-refractivity contribution in [3.8, 4) is 5.75 Å². The van der Waals surface area contributed by atoms with E-state index in [-0.39, 0.29) is 36.5 Å². The number of benzene rings is 2. The summed E-state index contributed by atoms with van der Waals surface area (Å²) in [5.41, 5.74) is 1.07. The third kappa shape index (κ3) is 6.69. The minimum atomic E-state index is -0.429. The van der Waals surface area contributed by atoms with Crippen molar-refractivity contribution in [1.29, 1.82) is 0 Å². The van der Waals surface area contributed by atoms with Crippen molar-refractivity contribution >= 4 is 23.4 Å². The monoisotopic (exact) mass is 525 g/mol. The van der Waals surface area contributed by atoms with Crippen molar-refractivity contribution in [1.82, 2.24) is 9.80 Å². The molecule has 1 fully saturated rings. The van der Waals surface area contributed by atoms with E-state index in [9.17, 15) is 18.8 Å². The van der Waals surface area contributed by atoms with Gasteiger partial charge in [0.25, 0.3) is 11.8 Å². The highest BCUT2D eigenvalue weighted by atomic mass is 19.1. The zero-order chi connectivity index (χ0) is 27.4. The van der Waals surface area contributed by atoms with E-state index in [1.165, 1.54) is 24.3 Å². The quantitative estimate of drug-likeness (QED) is 0.632. The predicted molar refractivity (Wildman–Crippen MR) is 142 cm³/mol. The fourth-order valence-corrected chi connectivity index (χ4v) is 4.69. The van der Waals surface area contributed by atoms with Crippen molar-refractivity contribution in [2.24, 2.45) is 11.8 Å². The molecular formula is C29H36FN3O5. The van der Waals surface area contributed by atoms with Gasteiger partial charge in [0.15, 0.2) is 0 Å². The smallest absolute Gasteiger partial charge is 0.257 e. The van der Waals surface area contributed by atoms with Crippen LogP contribution in [-0.2, 0) is 9.53 Å². The van der Waals surface area contributed by atoms with Gasteiger partial charge in [0.05, 0.1) is 17.7 Å². The SMILES string of the molecule is CO[C@H]1CN(C)C(=O)c2ccc(NC(=O)c3ccc(F)cc3)cc2OC[C@H](C)N(C(=O)CC2CC2)C[C@@H]1C. The lowest BCUT2D eigenvalue weighted by Crippen LogP contribution is -2.48. The second-order valence-electron chi connectivity index (χ2n) is 10.5. The molecule has 2 aromatic rings. The molecule has 0 bridgehead atoms. The van der Waals surface area contributed by atoms with Gasteiger partial charge in [-0.15, -0.1) is 0 Å². The highest BCUT2D eigenvalue weighted by Crippen LogP contribution is 2.33. The van der Waals surface area contributed by atoms with E-state index in [0.29, 0.717) is 48.0 Å². The Morgan fingerprint density at radius 2 is 1.82 bits per heavy atom. The molecule has 3 amide bonds. The molecule has 38 heavy (non-hydrogen) atoms. The van der Waals surface area contributed by atoms with E-state index in [2.05, 4.69) is 5.32 Å². The lowest BCUT2D eigenvalue weighted by molar-refractivity contribution is -0.135. The summed E-state index contributed by atoms with van der Waals surface area (Å²) in [4.78, 5) is 42.7. The maximum atomic E-state index is 13.4. The molecule has 1 heterocycles.